The van der Waals surface area contributed by atoms with Crippen LogP contribution in [-0.2, 0) is 13.6 Å². The summed E-state index contributed by atoms with van der Waals surface area (Å²) in [6.45, 7) is 3.60. The van der Waals surface area contributed by atoms with Crippen molar-refractivity contribution < 1.29 is 4.39 Å². The number of hydrogen-bond acceptors (Lipinski definition) is 3. The zero-order valence-electron chi connectivity index (χ0n) is 10.5. The molecule has 2 aromatic rings. The summed E-state index contributed by atoms with van der Waals surface area (Å²) in [4.78, 5) is 1.91. The lowest BCUT2D eigenvalue weighted by Crippen LogP contribution is -2.11. The van der Waals surface area contributed by atoms with Gasteiger partial charge in [-0.3, -0.25) is 4.68 Å². The largest absolute Gasteiger partial charge is 0.313 e. The Bertz CT molecular complexity index is 525. The zero-order chi connectivity index (χ0) is 13.0. The van der Waals surface area contributed by atoms with Crippen molar-refractivity contribution in [3.05, 3.63) is 42.0 Å². The van der Waals surface area contributed by atoms with Gasteiger partial charge in [0.2, 0.25) is 0 Å². The third-order valence-corrected chi connectivity index (χ3v) is 3.35. The minimum absolute atomic E-state index is 0.197. The summed E-state index contributed by atoms with van der Waals surface area (Å²) < 4.78 is 15.2. The van der Waals surface area contributed by atoms with Crippen LogP contribution in [0.2, 0.25) is 0 Å². The minimum atomic E-state index is -0.197. The molecule has 0 atom stereocenters. The lowest BCUT2D eigenvalue weighted by molar-refractivity contribution is 0.617. The maximum atomic E-state index is 13.5. The Balaban J connectivity index is 2.14. The van der Waals surface area contributed by atoms with Crippen LogP contribution < -0.4 is 5.32 Å². The van der Waals surface area contributed by atoms with Crippen molar-refractivity contribution in [2.75, 3.05) is 6.54 Å². The second-order valence-corrected chi connectivity index (χ2v) is 5.17. The molecular formula is C13H16FN3S. The lowest BCUT2D eigenvalue weighted by Gasteiger charge is -2.05. The topological polar surface area (TPSA) is 29.9 Å². The number of nitrogens with one attached hydrogen (secondary N) is 1. The standard InChI is InChI=1S/C13H16FN3S/c1-3-15-7-10-4-11(14)6-12(5-10)18-13-8-16-17(2)9-13/h4-6,8-9,15H,3,7H2,1-2H3. The van der Waals surface area contributed by atoms with E-state index in [1.807, 2.05) is 26.2 Å². The predicted octanol–water partition coefficient (Wildman–Crippen LogP) is 2.82. The molecule has 2 rings (SSSR count). The summed E-state index contributed by atoms with van der Waals surface area (Å²) >= 11 is 1.52. The molecule has 0 aliphatic rings. The number of nitrogens with zero attached hydrogens (tertiary/aromatic N) is 2. The van der Waals surface area contributed by atoms with Crippen molar-refractivity contribution in [3.63, 3.8) is 0 Å². The Morgan fingerprint density at radius 1 is 1.33 bits per heavy atom. The average Bonchev–Trinajstić information content (AvgIpc) is 2.71. The smallest absolute Gasteiger partial charge is 0.124 e. The van der Waals surface area contributed by atoms with Crippen molar-refractivity contribution in [1.29, 1.82) is 0 Å². The van der Waals surface area contributed by atoms with Gasteiger partial charge in [0.05, 0.1) is 11.1 Å². The fourth-order valence-corrected chi connectivity index (χ4v) is 2.60. The molecule has 0 spiro atoms. The third kappa shape index (κ3) is 3.58. The molecule has 0 radical (unpaired) electrons. The molecule has 0 unspecified atom stereocenters. The fraction of sp³-hybridized carbons (Fsp3) is 0.308. The highest BCUT2D eigenvalue weighted by Crippen LogP contribution is 2.28. The van der Waals surface area contributed by atoms with E-state index in [1.165, 1.54) is 11.8 Å². The Labute approximate surface area is 110 Å². The molecule has 3 nitrogen and oxygen atoms in total. The molecule has 0 aliphatic heterocycles. The first-order valence-electron chi connectivity index (χ1n) is 5.84. The van der Waals surface area contributed by atoms with Crippen molar-refractivity contribution >= 4 is 11.8 Å². The first-order chi connectivity index (χ1) is 8.67. The van der Waals surface area contributed by atoms with E-state index in [0.29, 0.717) is 6.54 Å². The molecule has 96 valence electrons. The van der Waals surface area contributed by atoms with Crippen LogP contribution >= 0.6 is 11.8 Å². The van der Waals surface area contributed by atoms with Crippen molar-refractivity contribution in [2.45, 2.75) is 23.3 Å². The van der Waals surface area contributed by atoms with Gasteiger partial charge in [-0.2, -0.15) is 5.10 Å². The van der Waals surface area contributed by atoms with E-state index in [-0.39, 0.29) is 5.82 Å². The van der Waals surface area contributed by atoms with Crippen LogP contribution in [0.15, 0.2) is 40.4 Å². The van der Waals surface area contributed by atoms with Gasteiger partial charge in [0.25, 0.3) is 0 Å². The molecule has 0 saturated carbocycles. The first-order valence-corrected chi connectivity index (χ1v) is 6.65. The number of hydrogen-bond donors (Lipinski definition) is 1. The van der Waals surface area contributed by atoms with Gasteiger partial charge in [0, 0.05) is 24.7 Å². The molecule has 18 heavy (non-hydrogen) atoms. The number of halogens is 1. The molecule has 1 N–H and O–H groups in total. The molecule has 1 aromatic heterocycles. The maximum absolute atomic E-state index is 13.5. The highest BCUT2D eigenvalue weighted by atomic mass is 32.2. The van der Waals surface area contributed by atoms with E-state index in [2.05, 4.69) is 10.4 Å². The van der Waals surface area contributed by atoms with E-state index in [1.54, 1.807) is 23.0 Å². The Kier molecular flexibility index (Phi) is 4.38. The molecule has 5 heteroatoms. The van der Waals surface area contributed by atoms with Crippen LogP contribution in [0, 0.1) is 5.82 Å². The van der Waals surface area contributed by atoms with Crippen molar-refractivity contribution in [3.8, 4) is 0 Å². The van der Waals surface area contributed by atoms with Crippen molar-refractivity contribution in [2.24, 2.45) is 7.05 Å². The van der Waals surface area contributed by atoms with Gasteiger partial charge in [-0.25, -0.2) is 4.39 Å². The molecule has 0 aliphatic carbocycles. The summed E-state index contributed by atoms with van der Waals surface area (Å²) in [5.41, 5.74) is 0.961. The second-order valence-electron chi connectivity index (χ2n) is 4.03. The van der Waals surface area contributed by atoms with Crippen LogP contribution in [0.1, 0.15) is 12.5 Å². The van der Waals surface area contributed by atoms with Crippen molar-refractivity contribution in [1.82, 2.24) is 15.1 Å². The number of aromatic nitrogens is 2. The third-order valence-electron chi connectivity index (χ3n) is 2.43. The quantitative estimate of drug-likeness (QED) is 0.901. The van der Waals surface area contributed by atoms with Gasteiger partial charge >= 0.3 is 0 Å². The molecule has 0 fully saturated rings. The monoisotopic (exact) mass is 265 g/mol. The molecular weight excluding hydrogens is 249 g/mol. The van der Waals surface area contributed by atoms with Gasteiger partial charge in [-0.05, 0) is 30.3 Å². The maximum Gasteiger partial charge on any atom is 0.124 e. The van der Waals surface area contributed by atoms with Crippen LogP contribution in [0.25, 0.3) is 0 Å². The van der Waals surface area contributed by atoms with Crippen LogP contribution in [0.5, 0.6) is 0 Å². The summed E-state index contributed by atoms with van der Waals surface area (Å²) in [5.74, 6) is -0.197. The molecule has 0 amide bonds. The van der Waals surface area contributed by atoms with Crippen LogP contribution in [0.3, 0.4) is 0 Å². The zero-order valence-corrected chi connectivity index (χ0v) is 11.3. The SMILES string of the molecule is CCNCc1cc(F)cc(Sc2cnn(C)c2)c1. The van der Waals surface area contributed by atoms with E-state index >= 15 is 0 Å². The Morgan fingerprint density at radius 3 is 2.83 bits per heavy atom. The first kappa shape index (κ1) is 13.1. The minimum Gasteiger partial charge on any atom is -0.313 e. The lowest BCUT2D eigenvalue weighted by atomic mass is 10.2. The number of rotatable bonds is 5. The number of benzene rings is 1. The van der Waals surface area contributed by atoms with E-state index in [9.17, 15) is 4.39 Å². The normalized spacial score (nSPS) is 10.8. The van der Waals surface area contributed by atoms with E-state index in [0.717, 1.165) is 21.9 Å². The summed E-state index contributed by atoms with van der Waals surface area (Å²) in [6, 6.07) is 5.12. The molecule has 1 aromatic carbocycles. The van der Waals surface area contributed by atoms with Crippen LogP contribution in [-0.4, -0.2) is 16.3 Å². The highest BCUT2D eigenvalue weighted by Gasteiger charge is 2.04. The molecule has 0 bridgehead atoms. The van der Waals surface area contributed by atoms with E-state index in [4.69, 9.17) is 0 Å². The Morgan fingerprint density at radius 2 is 2.17 bits per heavy atom. The van der Waals surface area contributed by atoms with Gasteiger partial charge in [0.15, 0.2) is 0 Å². The molecule has 0 saturated heterocycles. The van der Waals surface area contributed by atoms with Crippen LogP contribution in [0.4, 0.5) is 4.39 Å². The van der Waals surface area contributed by atoms with Gasteiger partial charge in [0.1, 0.15) is 5.82 Å². The van der Waals surface area contributed by atoms with Gasteiger partial charge in [-0.15, -0.1) is 0 Å². The number of aryl methyl sites for hydroxylation is 1. The summed E-state index contributed by atoms with van der Waals surface area (Å²) in [7, 11) is 1.87. The van der Waals surface area contributed by atoms with E-state index < -0.39 is 0 Å². The highest BCUT2D eigenvalue weighted by molar-refractivity contribution is 7.99. The van der Waals surface area contributed by atoms with Gasteiger partial charge < -0.3 is 5.32 Å². The molecule has 1 heterocycles. The summed E-state index contributed by atoms with van der Waals surface area (Å²) in [5, 5.41) is 7.29. The Hall–Kier alpha value is -1.33. The van der Waals surface area contributed by atoms with Gasteiger partial charge in [-0.1, -0.05) is 18.7 Å². The fourth-order valence-electron chi connectivity index (χ4n) is 1.64. The average molecular weight is 265 g/mol. The predicted molar refractivity (Wildman–Crippen MR) is 71.1 cm³/mol. The second kappa shape index (κ2) is 6.02. The summed E-state index contributed by atoms with van der Waals surface area (Å²) in [6.07, 6.45) is 3.69.